The highest BCUT2D eigenvalue weighted by molar-refractivity contribution is 7.10. The minimum atomic E-state index is -0.0811. The zero-order valence-corrected chi connectivity index (χ0v) is 12.4. The molecule has 0 saturated heterocycles. The Morgan fingerprint density at radius 2 is 2.18 bits per heavy atom. The van der Waals surface area contributed by atoms with Gasteiger partial charge in [0.15, 0.2) is 0 Å². The van der Waals surface area contributed by atoms with E-state index in [1.165, 1.54) is 0 Å². The number of hydrogen-bond acceptors (Lipinski definition) is 4. The molecule has 0 amide bonds. The zero-order chi connectivity index (χ0) is 13.1. The summed E-state index contributed by atoms with van der Waals surface area (Å²) in [6, 6.07) is 1.81. The summed E-state index contributed by atoms with van der Waals surface area (Å²) in [6.45, 7) is 9.06. The highest BCUT2D eigenvalue weighted by Gasteiger charge is 2.35. The standard InChI is InChI=1S/C12H21ClN2OS/c1-5-16-11(12(2,3)4)9(15-14)10-8(13)6-7-17-10/h6-7,9,11,15H,5,14H2,1-4H3. The van der Waals surface area contributed by atoms with Crippen LogP contribution in [-0.2, 0) is 4.74 Å². The molecule has 3 nitrogen and oxygen atoms in total. The summed E-state index contributed by atoms with van der Waals surface area (Å²) in [5, 5.41) is 2.71. The van der Waals surface area contributed by atoms with Gasteiger partial charge in [-0.2, -0.15) is 0 Å². The Kier molecular flexibility index (Phi) is 5.41. The fourth-order valence-corrected chi connectivity index (χ4v) is 3.11. The number of hydrazine groups is 1. The van der Waals surface area contributed by atoms with E-state index in [4.69, 9.17) is 22.2 Å². The van der Waals surface area contributed by atoms with Crippen LogP contribution in [0.1, 0.15) is 38.6 Å². The van der Waals surface area contributed by atoms with Crippen molar-refractivity contribution in [1.82, 2.24) is 5.43 Å². The van der Waals surface area contributed by atoms with Gasteiger partial charge < -0.3 is 4.74 Å². The first-order valence-corrected chi connectivity index (χ1v) is 6.98. The molecule has 3 N–H and O–H groups in total. The first-order valence-electron chi connectivity index (χ1n) is 5.72. The molecule has 2 unspecified atom stereocenters. The van der Waals surface area contributed by atoms with E-state index >= 15 is 0 Å². The summed E-state index contributed by atoms with van der Waals surface area (Å²) in [6.07, 6.45) is -0.0198. The van der Waals surface area contributed by atoms with Gasteiger partial charge in [0.25, 0.3) is 0 Å². The van der Waals surface area contributed by atoms with Crippen molar-refractivity contribution in [2.24, 2.45) is 11.3 Å². The van der Waals surface area contributed by atoms with E-state index in [1.54, 1.807) is 11.3 Å². The van der Waals surface area contributed by atoms with Crippen LogP contribution in [0.4, 0.5) is 0 Å². The van der Waals surface area contributed by atoms with Gasteiger partial charge in [-0.05, 0) is 23.8 Å². The second-order valence-electron chi connectivity index (χ2n) is 5.02. The predicted octanol–water partition coefficient (Wildman–Crippen LogP) is 3.36. The van der Waals surface area contributed by atoms with Crippen molar-refractivity contribution in [2.45, 2.75) is 39.8 Å². The Morgan fingerprint density at radius 1 is 1.53 bits per heavy atom. The van der Waals surface area contributed by atoms with Crippen LogP contribution in [0.2, 0.25) is 5.02 Å². The lowest BCUT2D eigenvalue weighted by molar-refractivity contribution is -0.0358. The average molecular weight is 277 g/mol. The van der Waals surface area contributed by atoms with Crippen LogP contribution in [0.15, 0.2) is 11.4 Å². The Labute approximate surface area is 112 Å². The monoisotopic (exact) mass is 276 g/mol. The highest BCUT2D eigenvalue weighted by Crippen LogP contribution is 2.37. The van der Waals surface area contributed by atoms with Crippen LogP contribution in [0.25, 0.3) is 0 Å². The number of thiophene rings is 1. The van der Waals surface area contributed by atoms with Crippen molar-refractivity contribution < 1.29 is 4.74 Å². The number of rotatable bonds is 5. The molecule has 0 bridgehead atoms. The largest absolute Gasteiger partial charge is 0.376 e. The third-order valence-corrected chi connectivity index (χ3v) is 4.05. The Balaban J connectivity index is 3.02. The van der Waals surface area contributed by atoms with Gasteiger partial charge in [0, 0.05) is 11.5 Å². The molecule has 0 aliphatic carbocycles. The van der Waals surface area contributed by atoms with Gasteiger partial charge in [-0.15, -0.1) is 11.3 Å². The molecule has 0 spiro atoms. The molecule has 1 heterocycles. The molecule has 0 radical (unpaired) electrons. The van der Waals surface area contributed by atoms with Crippen LogP contribution in [0.3, 0.4) is 0 Å². The summed E-state index contributed by atoms with van der Waals surface area (Å²) < 4.78 is 5.84. The van der Waals surface area contributed by atoms with Crippen molar-refractivity contribution in [1.29, 1.82) is 0 Å². The van der Waals surface area contributed by atoms with Crippen molar-refractivity contribution in [3.63, 3.8) is 0 Å². The lowest BCUT2D eigenvalue weighted by Crippen LogP contribution is -2.44. The molecule has 98 valence electrons. The van der Waals surface area contributed by atoms with E-state index in [1.807, 2.05) is 18.4 Å². The lowest BCUT2D eigenvalue weighted by atomic mass is 9.84. The maximum Gasteiger partial charge on any atom is 0.0839 e. The molecular weight excluding hydrogens is 256 g/mol. The molecule has 0 aliphatic rings. The lowest BCUT2D eigenvalue weighted by Gasteiger charge is -2.36. The third-order valence-electron chi connectivity index (χ3n) is 2.61. The first kappa shape index (κ1) is 14.9. The average Bonchev–Trinajstić information content (AvgIpc) is 2.63. The molecule has 1 aromatic rings. The molecule has 0 aromatic carbocycles. The van der Waals surface area contributed by atoms with E-state index in [0.717, 1.165) is 9.90 Å². The minimum absolute atomic E-state index is 0.0135. The summed E-state index contributed by atoms with van der Waals surface area (Å²) in [4.78, 5) is 1.03. The molecule has 1 aromatic heterocycles. The minimum Gasteiger partial charge on any atom is -0.376 e. The van der Waals surface area contributed by atoms with Crippen LogP contribution >= 0.6 is 22.9 Å². The Bertz CT molecular complexity index is 349. The maximum atomic E-state index is 6.17. The smallest absolute Gasteiger partial charge is 0.0839 e. The fraction of sp³-hybridized carbons (Fsp3) is 0.667. The van der Waals surface area contributed by atoms with Crippen LogP contribution in [-0.4, -0.2) is 12.7 Å². The maximum absolute atomic E-state index is 6.17. The summed E-state index contributed by atoms with van der Waals surface area (Å²) in [7, 11) is 0. The quantitative estimate of drug-likeness (QED) is 0.640. The molecule has 0 saturated carbocycles. The normalized spacial score (nSPS) is 15.9. The topological polar surface area (TPSA) is 47.3 Å². The van der Waals surface area contributed by atoms with Gasteiger partial charge in [-0.3, -0.25) is 5.84 Å². The van der Waals surface area contributed by atoms with E-state index in [-0.39, 0.29) is 17.6 Å². The Morgan fingerprint density at radius 3 is 2.53 bits per heavy atom. The molecule has 0 aliphatic heterocycles. The van der Waals surface area contributed by atoms with Gasteiger partial charge >= 0.3 is 0 Å². The number of hydrogen-bond donors (Lipinski definition) is 2. The van der Waals surface area contributed by atoms with Gasteiger partial charge in [-0.25, -0.2) is 5.43 Å². The molecule has 5 heteroatoms. The summed E-state index contributed by atoms with van der Waals surface area (Å²) in [5.74, 6) is 5.68. The number of nitrogens with two attached hydrogens (primary N) is 1. The van der Waals surface area contributed by atoms with Gasteiger partial charge in [0.1, 0.15) is 0 Å². The number of ether oxygens (including phenoxy) is 1. The first-order chi connectivity index (χ1) is 7.91. The Hall–Kier alpha value is -0.130. The molecular formula is C12H21ClN2OS. The van der Waals surface area contributed by atoms with Crippen molar-refractivity contribution in [3.8, 4) is 0 Å². The van der Waals surface area contributed by atoms with Crippen molar-refractivity contribution >= 4 is 22.9 Å². The molecule has 2 atom stereocenters. The second kappa shape index (κ2) is 6.16. The molecule has 1 rings (SSSR count). The summed E-state index contributed by atoms with van der Waals surface area (Å²) >= 11 is 7.77. The highest BCUT2D eigenvalue weighted by atomic mass is 35.5. The molecule has 17 heavy (non-hydrogen) atoms. The van der Waals surface area contributed by atoms with E-state index < -0.39 is 0 Å². The fourth-order valence-electron chi connectivity index (χ4n) is 1.85. The van der Waals surface area contributed by atoms with Gasteiger partial charge in [0.05, 0.1) is 17.2 Å². The number of halogens is 1. The van der Waals surface area contributed by atoms with Crippen LogP contribution < -0.4 is 11.3 Å². The number of nitrogens with one attached hydrogen (secondary N) is 1. The van der Waals surface area contributed by atoms with Gasteiger partial charge in [-0.1, -0.05) is 32.4 Å². The second-order valence-corrected chi connectivity index (χ2v) is 6.37. The van der Waals surface area contributed by atoms with Crippen molar-refractivity contribution in [2.75, 3.05) is 6.61 Å². The van der Waals surface area contributed by atoms with Crippen LogP contribution in [0, 0.1) is 5.41 Å². The van der Waals surface area contributed by atoms with Crippen molar-refractivity contribution in [3.05, 3.63) is 21.3 Å². The zero-order valence-electron chi connectivity index (χ0n) is 10.8. The third kappa shape index (κ3) is 3.66. The predicted molar refractivity (Wildman–Crippen MR) is 74.3 cm³/mol. The van der Waals surface area contributed by atoms with E-state index in [0.29, 0.717) is 6.61 Å². The van der Waals surface area contributed by atoms with E-state index in [2.05, 4.69) is 26.2 Å². The summed E-state index contributed by atoms with van der Waals surface area (Å²) in [5.41, 5.74) is 2.82. The SMILES string of the molecule is CCOC(C(NN)c1sccc1Cl)C(C)(C)C. The van der Waals surface area contributed by atoms with Crippen LogP contribution in [0.5, 0.6) is 0 Å². The van der Waals surface area contributed by atoms with Gasteiger partial charge in [0.2, 0.25) is 0 Å². The molecule has 0 fully saturated rings. The van der Waals surface area contributed by atoms with E-state index in [9.17, 15) is 0 Å².